The van der Waals surface area contributed by atoms with Crippen molar-refractivity contribution >= 4 is 6.09 Å². The molecule has 64 valence electrons. The van der Waals surface area contributed by atoms with Crippen molar-refractivity contribution in [1.29, 1.82) is 0 Å². The molecule has 0 radical (unpaired) electrons. The first-order valence-corrected chi connectivity index (χ1v) is 3.51. The van der Waals surface area contributed by atoms with Gasteiger partial charge in [0, 0.05) is 25.6 Å². The molecule has 0 saturated carbocycles. The van der Waals surface area contributed by atoms with Gasteiger partial charge in [0.1, 0.15) is 6.17 Å². The van der Waals surface area contributed by atoms with Crippen LogP contribution in [0.25, 0.3) is 0 Å². The maximum absolute atomic E-state index is 12.7. The van der Waals surface area contributed by atoms with E-state index in [0.29, 0.717) is 13.1 Å². The van der Waals surface area contributed by atoms with E-state index >= 15 is 0 Å². The summed E-state index contributed by atoms with van der Waals surface area (Å²) in [6.07, 6.45) is -2.01. The smallest absolute Gasteiger partial charge is 0.404 e. The predicted molar refractivity (Wildman–Crippen MR) is 37.3 cm³/mol. The van der Waals surface area contributed by atoms with Crippen molar-refractivity contribution in [2.45, 2.75) is 6.17 Å². The molecule has 11 heavy (non-hydrogen) atoms. The third-order valence-electron chi connectivity index (χ3n) is 1.77. The lowest BCUT2D eigenvalue weighted by Crippen LogP contribution is -2.31. The van der Waals surface area contributed by atoms with Crippen molar-refractivity contribution in [1.82, 2.24) is 10.6 Å². The first kappa shape index (κ1) is 8.26. The minimum atomic E-state index is -1.09. The molecule has 2 atom stereocenters. The Labute approximate surface area is 63.8 Å². The maximum atomic E-state index is 12.7. The molecule has 1 amide bonds. The summed E-state index contributed by atoms with van der Waals surface area (Å²) in [6.45, 7) is 1.09. The number of hydrogen-bond acceptors (Lipinski definition) is 2. The quantitative estimate of drug-likeness (QED) is 0.527. The van der Waals surface area contributed by atoms with Gasteiger partial charge in [0.15, 0.2) is 0 Å². The van der Waals surface area contributed by atoms with Gasteiger partial charge in [-0.3, -0.25) is 0 Å². The Balaban J connectivity index is 2.20. The second-order valence-electron chi connectivity index (χ2n) is 2.62. The van der Waals surface area contributed by atoms with E-state index in [9.17, 15) is 9.18 Å². The van der Waals surface area contributed by atoms with E-state index in [4.69, 9.17) is 5.11 Å². The maximum Gasteiger partial charge on any atom is 0.404 e. The van der Waals surface area contributed by atoms with Gasteiger partial charge in [-0.05, 0) is 0 Å². The van der Waals surface area contributed by atoms with Crippen LogP contribution in [0.4, 0.5) is 9.18 Å². The molecule has 0 bridgehead atoms. The van der Waals surface area contributed by atoms with Gasteiger partial charge in [0.2, 0.25) is 0 Å². The molecular formula is C6H11FN2O2. The van der Waals surface area contributed by atoms with Crippen LogP contribution in [-0.2, 0) is 0 Å². The van der Waals surface area contributed by atoms with Gasteiger partial charge >= 0.3 is 6.09 Å². The first-order valence-electron chi connectivity index (χ1n) is 3.51. The monoisotopic (exact) mass is 162 g/mol. The Morgan fingerprint density at radius 1 is 1.73 bits per heavy atom. The van der Waals surface area contributed by atoms with Crippen LogP contribution in [0.3, 0.4) is 0 Å². The number of hydrogen-bond donors (Lipinski definition) is 3. The number of rotatable bonds is 2. The van der Waals surface area contributed by atoms with Crippen LogP contribution in [0, 0.1) is 5.92 Å². The Hall–Kier alpha value is -0.840. The van der Waals surface area contributed by atoms with Crippen LogP contribution < -0.4 is 10.6 Å². The van der Waals surface area contributed by atoms with E-state index in [1.54, 1.807) is 0 Å². The lowest BCUT2D eigenvalue weighted by atomic mass is 10.1. The van der Waals surface area contributed by atoms with Gasteiger partial charge in [0.25, 0.3) is 0 Å². The summed E-state index contributed by atoms with van der Waals surface area (Å²) in [5.41, 5.74) is 0. The second-order valence-corrected chi connectivity index (χ2v) is 2.62. The zero-order chi connectivity index (χ0) is 8.27. The van der Waals surface area contributed by atoms with Crippen LogP contribution in [0.2, 0.25) is 0 Å². The van der Waals surface area contributed by atoms with E-state index < -0.39 is 12.3 Å². The summed E-state index contributed by atoms with van der Waals surface area (Å²) in [4.78, 5) is 10.0. The predicted octanol–water partition coefficient (Wildman–Crippen LogP) is -0.188. The zero-order valence-corrected chi connectivity index (χ0v) is 6.01. The summed E-state index contributed by atoms with van der Waals surface area (Å²) in [7, 11) is 0. The van der Waals surface area contributed by atoms with Gasteiger partial charge < -0.3 is 15.7 Å². The lowest BCUT2D eigenvalue weighted by molar-refractivity contribution is 0.189. The third-order valence-corrected chi connectivity index (χ3v) is 1.77. The highest BCUT2D eigenvalue weighted by molar-refractivity contribution is 5.64. The number of alkyl halides is 1. The second kappa shape index (κ2) is 3.52. The number of nitrogens with one attached hydrogen (secondary N) is 2. The standard InChI is InChI=1S/C6H11FN2O2/c7-5-3-8-1-4(5)2-9-6(10)11/h4-5,8-9H,1-3H2,(H,10,11)/t4-,5-/m1/s1. The van der Waals surface area contributed by atoms with Crippen LogP contribution in [0.5, 0.6) is 0 Å². The average molecular weight is 162 g/mol. The van der Waals surface area contributed by atoms with Crippen molar-refractivity contribution in [3.8, 4) is 0 Å². The van der Waals surface area contributed by atoms with Crippen molar-refractivity contribution in [2.24, 2.45) is 5.92 Å². The number of halogens is 1. The van der Waals surface area contributed by atoms with Crippen molar-refractivity contribution in [3.63, 3.8) is 0 Å². The summed E-state index contributed by atoms with van der Waals surface area (Å²) in [5.74, 6) is -0.203. The number of carbonyl (C=O) groups is 1. The van der Waals surface area contributed by atoms with Crippen LogP contribution >= 0.6 is 0 Å². The lowest BCUT2D eigenvalue weighted by Gasteiger charge is -2.09. The Morgan fingerprint density at radius 2 is 2.45 bits per heavy atom. The average Bonchev–Trinajstić information content (AvgIpc) is 2.31. The zero-order valence-electron chi connectivity index (χ0n) is 6.01. The first-order chi connectivity index (χ1) is 5.20. The molecular weight excluding hydrogens is 151 g/mol. The molecule has 1 aliphatic rings. The van der Waals surface area contributed by atoms with Crippen molar-refractivity contribution in [3.05, 3.63) is 0 Å². The normalized spacial score (nSPS) is 30.3. The molecule has 0 aromatic rings. The van der Waals surface area contributed by atoms with Gasteiger partial charge in [0.05, 0.1) is 0 Å². The minimum Gasteiger partial charge on any atom is -0.465 e. The fraction of sp³-hybridized carbons (Fsp3) is 0.833. The molecule has 0 aliphatic carbocycles. The van der Waals surface area contributed by atoms with Gasteiger partial charge in [-0.2, -0.15) is 0 Å². The van der Waals surface area contributed by atoms with Gasteiger partial charge in [-0.25, -0.2) is 9.18 Å². The molecule has 0 aromatic carbocycles. The summed E-state index contributed by atoms with van der Waals surface area (Å²) in [6, 6.07) is 0. The molecule has 1 rings (SSSR count). The number of amides is 1. The summed E-state index contributed by atoms with van der Waals surface area (Å²) < 4.78 is 12.7. The molecule has 3 N–H and O–H groups in total. The molecule has 1 heterocycles. The molecule has 1 fully saturated rings. The highest BCUT2D eigenvalue weighted by Gasteiger charge is 2.26. The summed E-state index contributed by atoms with van der Waals surface area (Å²) in [5, 5.41) is 13.2. The molecule has 5 heteroatoms. The van der Waals surface area contributed by atoms with E-state index in [1.807, 2.05) is 0 Å². The fourth-order valence-corrected chi connectivity index (χ4v) is 1.12. The van der Waals surface area contributed by atoms with Crippen LogP contribution in [0.15, 0.2) is 0 Å². The number of carboxylic acid groups (broad SMARTS) is 1. The van der Waals surface area contributed by atoms with Crippen molar-refractivity contribution in [2.75, 3.05) is 19.6 Å². The molecule has 0 spiro atoms. The highest BCUT2D eigenvalue weighted by atomic mass is 19.1. The molecule has 1 aliphatic heterocycles. The van der Waals surface area contributed by atoms with Crippen LogP contribution in [-0.4, -0.2) is 37.0 Å². The van der Waals surface area contributed by atoms with Crippen molar-refractivity contribution < 1.29 is 14.3 Å². The van der Waals surface area contributed by atoms with E-state index in [2.05, 4.69) is 10.6 Å². The van der Waals surface area contributed by atoms with E-state index in [-0.39, 0.29) is 12.5 Å². The molecule has 0 unspecified atom stereocenters. The molecule has 1 saturated heterocycles. The molecule has 0 aromatic heterocycles. The Bertz CT molecular complexity index is 154. The van der Waals surface area contributed by atoms with Crippen LogP contribution in [0.1, 0.15) is 0 Å². The van der Waals surface area contributed by atoms with E-state index in [0.717, 1.165) is 0 Å². The fourth-order valence-electron chi connectivity index (χ4n) is 1.12. The van der Waals surface area contributed by atoms with Gasteiger partial charge in [-0.1, -0.05) is 0 Å². The Kier molecular flexibility index (Phi) is 2.64. The largest absolute Gasteiger partial charge is 0.465 e. The topological polar surface area (TPSA) is 61.4 Å². The van der Waals surface area contributed by atoms with Gasteiger partial charge in [-0.15, -0.1) is 0 Å². The highest BCUT2D eigenvalue weighted by Crippen LogP contribution is 2.10. The SMILES string of the molecule is O=C(O)NC[C@H]1CNC[C@H]1F. The minimum absolute atomic E-state index is 0.198. The summed E-state index contributed by atoms with van der Waals surface area (Å²) >= 11 is 0. The Morgan fingerprint density at radius 3 is 2.91 bits per heavy atom. The van der Waals surface area contributed by atoms with E-state index in [1.165, 1.54) is 0 Å². The third kappa shape index (κ3) is 2.34. The molecule has 4 nitrogen and oxygen atoms in total.